The third-order valence-corrected chi connectivity index (χ3v) is 2.68. The summed E-state index contributed by atoms with van der Waals surface area (Å²) in [5, 5.41) is 0. The van der Waals surface area contributed by atoms with E-state index in [-0.39, 0.29) is 11.8 Å². The Morgan fingerprint density at radius 2 is 2.00 bits per heavy atom. The summed E-state index contributed by atoms with van der Waals surface area (Å²) < 4.78 is 5.61. The molecule has 0 radical (unpaired) electrons. The lowest BCUT2D eigenvalue weighted by Gasteiger charge is -2.25. The maximum Gasteiger partial charge on any atom is 0.131 e. The van der Waals surface area contributed by atoms with E-state index in [0.29, 0.717) is 13.0 Å². The van der Waals surface area contributed by atoms with Gasteiger partial charge in [0.15, 0.2) is 0 Å². The van der Waals surface area contributed by atoms with Crippen LogP contribution in [0.1, 0.15) is 31.9 Å². The van der Waals surface area contributed by atoms with Gasteiger partial charge >= 0.3 is 0 Å². The highest BCUT2D eigenvalue weighted by Gasteiger charge is 2.19. The van der Waals surface area contributed by atoms with Crippen molar-refractivity contribution in [1.82, 2.24) is 4.90 Å². The lowest BCUT2D eigenvalue weighted by atomic mass is 10.00. The summed E-state index contributed by atoms with van der Waals surface area (Å²) in [5.74, 6) is 1.06. The summed E-state index contributed by atoms with van der Waals surface area (Å²) in [6, 6.07) is 7.99. The van der Waals surface area contributed by atoms with Gasteiger partial charge in [0.2, 0.25) is 0 Å². The van der Waals surface area contributed by atoms with Gasteiger partial charge in [0.25, 0.3) is 0 Å². The summed E-state index contributed by atoms with van der Waals surface area (Å²) >= 11 is 0. The molecule has 0 spiro atoms. The van der Waals surface area contributed by atoms with Crippen LogP contribution in [0.15, 0.2) is 24.3 Å². The Balaban J connectivity index is 3.04. The maximum absolute atomic E-state index is 11.3. The van der Waals surface area contributed by atoms with Crippen LogP contribution in [0.4, 0.5) is 0 Å². The second-order valence-corrected chi connectivity index (χ2v) is 4.36. The molecule has 0 amide bonds. The number of ether oxygens (including phenoxy) is 1. The molecule has 1 aromatic rings. The average Bonchev–Trinajstić information content (AvgIpc) is 2.27. The van der Waals surface area contributed by atoms with Crippen LogP contribution in [0.25, 0.3) is 0 Å². The first kappa shape index (κ1) is 13.7. The number of para-hydroxylation sites is 1. The number of nitrogens with zero attached hydrogens (tertiary/aromatic N) is 1. The van der Waals surface area contributed by atoms with Crippen molar-refractivity contribution in [3.8, 4) is 5.75 Å². The molecule has 3 heteroatoms. The summed E-state index contributed by atoms with van der Waals surface area (Å²) in [7, 11) is 3.96. The smallest absolute Gasteiger partial charge is 0.131 e. The van der Waals surface area contributed by atoms with Crippen LogP contribution in [0, 0.1) is 0 Å². The number of rotatable bonds is 6. The quantitative estimate of drug-likeness (QED) is 0.759. The zero-order valence-electron chi connectivity index (χ0n) is 11.1. The number of carbonyl (C=O) groups excluding carboxylic acids is 1. The molecule has 3 nitrogen and oxygen atoms in total. The molecule has 1 atom stereocenters. The summed E-state index contributed by atoms with van der Waals surface area (Å²) in [5.41, 5.74) is 1.08. The van der Waals surface area contributed by atoms with E-state index >= 15 is 0 Å². The molecular formula is C14H21NO2. The molecular weight excluding hydrogens is 214 g/mol. The Hall–Kier alpha value is -1.35. The number of Topliss-reactive ketones (excluding diaryl/α,β-unsaturated/α-hetero) is 1. The molecule has 0 fully saturated rings. The van der Waals surface area contributed by atoms with Crippen LogP contribution >= 0.6 is 0 Å². The topological polar surface area (TPSA) is 29.5 Å². The Bertz CT molecular complexity index is 374. The van der Waals surface area contributed by atoms with Crippen molar-refractivity contribution in [2.24, 2.45) is 0 Å². The number of carbonyl (C=O) groups is 1. The van der Waals surface area contributed by atoms with E-state index in [1.807, 2.05) is 45.3 Å². The largest absolute Gasteiger partial charge is 0.494 e. The molecule has 0 aromatic heterocycles. The standard InChI is InChI=1S/C14H21NO2/c1-5-17-14-9-7-6-8-12(14)13(15(3)4)10-11(2)16/h6-9,13H,5,10H2,1-4H3. The predicted molar refractivity (Wildman–Crippen MR) is 69.3 cm³/mol. The Labute approximate surface area is 103 Å². The second-order valence-electron chi connectivity index (χ2n) is 4.36. The van der Waals surface area contributed by atoms with E-state index in [2.05, 4.69) is 4.90 Å². The van der Waals surface area contributed by atoms with Crippen LogP contribution in [-0.2, 0) is 4.79 Å². The number of hydrogen-bond acceptors (Lipinski definition) is 3. The average molecular weight is 235 g/mol. The monoisotopic (exact) mass is 235 g/mol. The number of hydrogen-bond donors (Lipinski definition) is 0. The minimum absolute atomic E-state index is 0.0789. The molecule has 1 rings (SSSR count). The summed E-state index contributed by atoms with van der Waals surface area (Å²) in [6.07, 6.45) is 0.511. The van der Waals surface area contributed by atoms with E-state index in [1.165, 1.54) is 0 Å². The molecule has 1 unspecified atom stereocenters. The molecule has 0 aliphatic heterocycles. The van der Waals surface area contributed by atoms with Gasteiger partial charge in [-0.1, -0.05) is 18.2 Å². The van der Waals surface area contributed by atoms with Crippen molar-refractivity contribution in [2.45, 2.75) is 26.3 Å². The van der Waals surface area contributed by atoms with Crippen LogP contribution in [-0.4, -0.2) is 31.4 Å². The minimum Gasteiger partial charge on any atom is -0.494 e. The first-order valence-electron chi connectivity index (χ1n) is 5.93. The van der Waals surface area contributed by atoms with Gasteiger partial charge in [0, 0.05) is 18.0 Å². The Morgan fingerprint density at radius 3 is 2.53 bits per heavy atom. The van der Waals surface area contributed by atoms with Gasteiger partial charge in [0.1, 0.15) is 11.5 Å². The first-order valence-corrected chi connectivity index (χ1v) is 5.93. The van der Waals surface area contributed by atoms with Gasteiger partial charge in [-0.25, -0.2) is 0 Å². The van der Waals surface area contributed by atoms with Crippen LogP contribution in [0.5, 0.6) is 5.75 Å². The first-order chi connectivity index (χ1) is 8.06. The fraction of sp³-hybridized carbons (Fsp3) is 0.500. The molecule has 1 aromatic carbocycles. The summed E-state index contributed by atoms with van der Waals surface area (Å²) in [4.78, 5) is 13.4. The molecule has 0 aliphatic rings. The van der Waals surface area contributed by atoms with E-state index in [4.69, 9.17) is 4.74 Å². The zero-order valence-corrected chi connectivity index (χ0v) is 11.1. The normalized spacial score (nSPS) is 12.5. The maximum atomic E-state index is 11.3. The van der Waals surface area contributed by atoms with Gasteiger partial charge in [-0.05, 0) is 34.0 Å². The molecule has 0 aliphatic carbocycles. The number of benzene rings is 1. The highest BCUT2D eigenvalue weighted by atomic mass is 16.5. The van der Waals surface area contributed by atoms with Crippen molar-refractivity contribution in [1.29, 1.82) is 0 Å². The highest BCUT2D eigenvalue weighted by molar-refractivity contribution is 5.76. The van der Waals surface area contributed by atoms with Crippen LogP contribution < -0.4 is 4.74 Å². The second kappa shape index (κ2) is 6.40. The minimum atomic E-state index is 0.0789. The lowest BCUT2D eigenvalue weighted by Crippen LogP contribution is -2.22. The third-order valence-electron chi connectivity index (χ3n) is 2.68. The molecule has 0 heterocycles. The van der Waals surface area contributed by atoms with Gasteiger partial charge in [-0.3, -0.25) is 4.79 Å². The van der Waals surface area contributed by atoms with Gasteiger partial charge in [-0.2, -0.15) is 0 Å². The van der Waals surface area contributed by atoms with E-state index in [1.54, 1.807) is 6.92 Å². The molecule has 0 N–H and O–H groups in total. The molecule has 94 valence electrons. The van der Waals surface area contributed by atoms with Crippen LogP contribution in [0.3, 0.4) is 0 Å². The van der Waals surface area contributed by atoms with E-state index in [0.717, 1.165) is 11.3 Å². The lowest BCUT2D eigenvalue weighted by molar-refractivity contribution is -0.118. The third kappa shape index (κ3) is 3.86. The van der Waals surface area contributed by atoms with E-state index < -0.39 is 0 Å². The van der Waals surface area contributed by atoms with Crippen LogP contribution in [0.2, 0.25) is 0 Å². The predicted octanol–water partition coefficient (Wildman–Crippen LogP) is 2.67. The molecule has 0 saturated carbocycles. The van der Waals surface area contributed by atoms with Crippen molar-refractivity contribution >= 4 is 5.78 Å². The fourth-order valence-electron chi connectivity index (χ4n) is 1.89. The summed E-state index contributed by atoms with van der Waals surface area (Å²) in [6.45, 7) is 4.23. The SMILES string of the molecule is CCOc1ccccc1C(CC(C)=O)N(C)C. The zero-order chi connectivity index (χ0) is 12.8. The molecule has 17 heavy (non-hydrogen) atoms. The van der Waals surface area contributed by atoms with Gasteiger partial charge in [0.05, 0.1) is 6.61 Å². The fourth-order valence-corrected chi connectivity index (χ4v) is 1.89. The Kier molecular flexibility index (Phi) is 5.16. The van der Waals surface area contributed by atoms with Gasteiger partial charge in [-0.15, -0.1) is 0 Å². The Morgan fingerprint density at radius 1 is 1.35 bits per heavy atom. The van der Waals surface area contributed by atoms with Crippen molar-refractivity contribution in [3.63, 3.8) is 0 Å². The highest BCUT2D eigenvalue weighted by Crippen LogP contribution is 2.30. The molecule has 0 saturated heterocycles. The van der Waals surface area contributed by atoms with Gasteiger partial charge < -0.3 is 9.64 Å². The molecule has 0 bridgehead atoms. The van der Waals surface area contributed by atoms with Crippen molar-refractivity contribution in [3.05, 3.63) is 29.8 Å². The van der Waals surface area contributed by atoms with Crippen molar-refractivity contribution < 1.29 is 9.53 Å². The van der Waals surface area contributed by atoms with E-state index in [9.17, 15) is 4.79 Å². The number of ketones is 1. The van der Waals surface area contributed by atoms with Crippen molar-refractivity contribution in [2.75, 3.05) is 20.7 Å².